The topological polar surface area (TPSA) is 53.8 Å². The van der Waals surface area contributed by atoms with Gasteiger partial charge in [-0.2, -0.15) is 0 Å². The van der Waals surface area contributed by atoms with E-state index < -0.39 is 0 Å². The smallest absolute Gasteiger partial charge is 0.242 e. The van der Waals surface area contributed by atoms with Gasteiger partial charge in [0.25, 0.3) is 0 Å². The summed E-state index contributed by atoms with van der Waals surface area (Å²) in [5.74, 6) is 0.673. The van der Waals surface area contributed by atoms with Crippen LogP contribution < -0.4 is 0 Å². The highest BCUT2D eigenvalue weighted by atomic mass is 16.3. The van der Waals surface area contributed by atoms with Gasteiger partial charge in [-0.05, 0) is 38.0 Å². The average molecular weight is 356 g/mol. The molecule has 26 heavy (non-hydrogen) atoms. The van der Waals surface area contributed by atoms with E-state index in [1.54, 1.807) is 16.1 Å². The molecule has 5 heteroatoms. The first-order chi connectivity index (χ1) is 12.5. The summed E-state index contributed by atoms with van der Waals surface area (Å²) in [5, 5.41) is 0. The first-order valence-corrected chi connectivity index (χ1v) is 9.14. The van der Waals surface area contributed by atoms with Crippen molar-refractivity contribution in [1.29, 1.82) is 0 Å². The summed E-state index contributed by atoms with van der Waals surface area (Å²) in [4.78, 5) is 28.5. The van der Waals surface area contributed by atoms with Crippen molar-refractivity contribution in [2.24, 2.45) is 0 Å². The maximum Gasteiger partial charge on any atom is 0.242 e. The second-order valence-corrected chi connectivity index (χ2v) is 6.60. The van der Waals surface area contributed by atoms with Gasteiger partial charge in [0.1, 0.15) is 5.76 Å². The summed E-state index contributed by atoms with van der Waals surface area (Å²) in [5.41, 5.74) is 1.18. The lowest BCUT2D eigenvalue weighted by atomic mass is 10.1. The van der Waals surface area contributed by atoms with Crippen molar-refractivity contribution in [1.82, 2.24) is 9.80 Å². The Bertz CT molecular complexity index is 681. The molecule has 0 atom stereocenters. The average Bonchev–Trinajstić information content (AvgIpc) is 3.16. The van der Waals surface area contributed by atoms with Gasteiger partial charge in [0.15, 0.2) is 0 Å². The zero-order chi connectivity index (χ0) is 18.9. The lowest BCUT2D eigenvalue weighted by Crippen LogP contribution is -2.46. The van der Waals surface area contributed by atoms with Crippen molar-refractivity contribution in [3.05, 3.63) is 60.1 Å². The molecule has 0 unspecified atom stereocenters. The highest BCUT2D eigenvalue weighted by molar-refractivity contribution is 5.85. The van der Waals surface area contributed by atoms with Gasteiger partial charge >= 0.3 is 0 Å². The summed E-state index contributed by atoms with van der Waals surface area (Å²) in [6.45, 7) is 6.77. The van der Waals surface area contributed by atoms with Crippen molar-refractivity contribution < 1.29 is 14.0 Å². The number of carbonyl (C=O) groups is 2. The third-order valence-corrected chi connectivity index (χ3v) is 4.34. The van der Waals surface area contributed by atoms with Gasteiger partial charge in [0.05, 0.1) is 19.4 Å². The van der Waals surface area contributed by atoms with E-state index in [4.69, 9.17) is 4.42 Å². The molecule has 1 aromatic carbocycles. The maximum atomic E-state index is 12.9. The van der Waals surface area contributed by atoms with Crippen LogP contribution in [-0.2, 0) is 22.6 Å². The van der Waals surface area contributed by atoms with E-state index in [0.717, 1.165) is 12.2 Å². The van der Waals surface area contributed by atoms with Gasteiger partial charge in [-0.3, -0.25) is 9.59 Å². The molecule has 1 aromatic heterocycles. The van der Waals surface area contributed by atoms with Gasteiger partial charge < -0.3 is 14.2 Å². The second-order valence-electron chi connectivity index (χ2n) is 6.60. The minimum atomic E-state index is -0.0622. The highest BCUT2D eigenvalue weighted by Crippen LogP contribution is 2.10. The van der Waals surface area contributed by atoms with Crippen molar-refractivity contribution >= 4 is 11.8 Å². The fraction of sp³-hybridized carbons (Fsp3) is 0.429. The zero-order valence-corrected chi connectivity index (χ0v) is 15.9. The lowest BCUT2D eigenvalue weighted by Gasteiger charge is -2.29. The van der Waals surface area contributed by atoms with Crippen LogP contribution in [0.25, 0.3) is 0 Å². The SMILES string of the molecule is CCC(=O)N(CC(=O)N(CCc1ccccc1)Cc1ccco1)C(C)C. The molecule has 0 spiro atoms. The van der Waals surface area contributed by atoms with Crippen LogP contribution in [0.3, 0.4) is 0 Å². The van der Waals surface area contributed by atoms with E-state index in [1.807, 2.05) is 51.1 Å². The number of amides is 2. The van der Waals surface area contributed by atoms with E-state index in [9.17, 15) is 9.59 Å². The number of rotatable bonds is 9. The van der Waals surface area contributed by atoms with Crippen LogP contribution in [0.4, 0.5) is 0 Å². The van der Waals surface area contributed by atoms with Crippen molar-refractivity contribution in [2.75, 3.05) is 13.1 Å². The third kappa shape index (κ3) is 5.76. The summed E-state index contributed by atoms with van der Waals surface area (Å²) in [6, 6.07) is 13.7. The van der Waals surface area contributed by atoms with E-state index in [1.165, 1.54) is 5.56 Å². The van der Waals surface area contributed by atoms with Gasteiger partial charge in [0, 0.05) is 19.0 Å². The molecule has 0 radical (unpaired) electrons. The molecule has 0 saturated heterocycles. The Balaban J connectivity index is 2.08. The summed E-state index contributed by atoms with van der Waals surface area (Å²) in [6.07, 6.45) is 2.76. The fourth-order valence-electron chi connectivity index (χ4n) is 2.80. The van der Waals surface area contributed by atoms with Crippen LogP contribution >= 0.6 is 0 Å². The molecule has 140 valence electrons. The molecule has 0 bridgehead atoms. The lowest BCUT2D eigenvalue weighted by molar-refractivity contribution is -0.142. The number of hydrogen-bond donors (Lipinski definition) is 0. The molecular formula is C21H28N2O3. The van der Waals surface area contributed by atoms with Crippen LogP contribution in [0.15, 0.2) is 53.1 Å². The minimum absolute atomic E-state index is 0.00522. The van der Waals surface area contributed by atoms with Gasteiger partial charge in [-0.25, -0.2) is 0 Å². The highest BCUT2D eigenvalue weighted by Gasteiger charge is 2.23. The summed E-state index contributed by atoms with van der Waals surface area (Å²) < 4.78 is 5.41. The predicted molar refractivity (Wildman–Crippen MR) is 101 cm³/mol. The molecule has 0 aliphatic rings. The maximum absolute atomic E-state index is 12.9. The molecule has 2 amide bonds. The second kappa shape index (κ2) is 9.80. The van der Waals surface area contributed by atoms with E-state index in [2.05, 4.69) is 12.1 Å². The molecule has 0 saturated carbocycles. The van der Waals surface area contributed by atoms with Crippen LogP contribution in [-0.4, -0.2) is 40.7 Å². The number of furan rings is 1. The molecule has 0 fully saturated rings. The minimum Gasteiger partial charge on any atom is -0.467 e. The monoisotopic (exact) mass is 356 g/mol. The molecule has 0 aliphatic carbocycles. The molecule has 5 nitrogen and oxygen atoms in total. The quantitative estimate of drug-likeness (QED) is 0.691. The Morgan fingerprint density at radius 3 is 2.35 bits per heavy atom. The van der Waals surface area contributed by atoms with Crippen LogP contribution in [0.1, 0.15) is 38.5 Å². The normalized spacial score (nSPS) is 10.8. The van der Waals surface area contributed by atoms with Crippen LogP contribution in [0, 0.1) is 0 Å². The van der Waals surface area contributed by atoms with Crippen LogP contribution in [0.5, 0.6) is 0 Å². The number of benzene rings is 1. The van der Waals surface area contributed by atoms with E-state index >= 15 is 0 Å². The Hall–Kier alpha value is -2.56. The molecule has 2 aromatic rings. The summed E-state index contributed by atoms with van der Waals surface area (Å²) in [7, 11) is 0. The van der Waals surface area contributed by atoms with E-state index in [0.29, 0.717) is 19.5 Å². The number of carbonyl (C=O) groups excluding carboxylic acids is 2. The Kier molecular flexibility index (Phi) is 7.45. The van der Waals surface area contributed by atoms with Gasteiger partial charge in [0.2, 0.25) is 11.8 Å². The van der Waals surface area contributed by atoms with Gasteiger partial charge in [-0.1, -0.05) is 37.3 Å². The van der Waals surface area contributed by atoms with E-state index in [-0.39, 0.29) is 24.4 Å². The molecule has 0 N–H and O–H groups in total. The Labute approximate surface area is 155 Å². The molecular weight excluding hydrogens is 328 g/mol. The Morgan fingerprint density at radius 1 is 1.04 bits per heavy atom. The summed E-state index contributed by atoms with van der Waals surface area (Å²) >= 11 is 0. The predicted octanol–water partition coefficient (Wildman–Crippen LogP) is 3.50. The van der Waals surface area contributed by atoms with Crippen molar-refractivity contribution in [3.63, 3.8) is 0 Å². The first-order valence-electron chi connectivity index (χ1n) is 9.14. The van der Waals surface area contributed by atoms with Crippen molar-refractivity contribution in [3.8, 4) is 0 Å². The Morgan fingerprint density at radius 2 is 1.77 bits per heavy atom. The molecule has 1 heterocycles. The molecule has 2 rings (SSSR count). The number of nitrogens with zero attached hydrogens (tertiary/aromatic N) is 2. The van der Waals surface area contributed by atoms with Crippen LogP contribution in [0.2, 0.25) is 0 Å². The third-order valence-electron chi connectivity index (χ3n) is 4.34. The standard InChI is InChI=1S/C21H28N2O3/c1-4-20(24)23(17(2)3)16-21(25)22(15-19-11-8-14-26-19)13-12-18-9-6-5-7-10-18/h5-11,14,17H,4,12-13,15-16H2,1-3H3. The fourth-order valence-corrected chi connectivity index (χ4v) is 2.80. The van der Waals surface area contributed by atoms with Crippen molar-refractivity contribution in [2.45, 2.75) is 46.2 Å². The number of hydrogen-bond acceptors (Lipinski definition) is 3. The zero-order valence-electron chi connectivity index (χ0n) is 15.9. The van der Waals surface area contributed by atoms with Gasteiger partial charge in [-0.15, -0.1) is 0 Å². The first kappa shape index (κ1) is 19.8. The largest absolute Gasteiger partial charge is 0.467 e. The molecule has 0 aliphatic heterocycles.